The Morgan fingerprint density at radius 2 is 1.56 bits per heavy atom. The maximum absolute atomic E-state index is 12.4. The van der Waals surface area contributed by atoms with Crippen molar-refractivity contribution in [2.45, 2.75) is 45.6 Å². The molecule has 1 rings (SSSR count). The SMILES string of the molecule is CC(C)CC(C)NC(=O)c1cc(OCC(F)(F)F)ccc1OCC(F)(F)F. The largest absolute Gasteiger partial charge is 0.484 e. The fourth-order valence-electron chi connectivity index (χ4n) is 2.29. The van der Waals surface area contributed by atoms with Crippen molar-refractivity contribution in [1.82, 2.24) is 5.32 Å². The Balaban J connectivity index is 3.02. The summed E-state index contributed by atoms with van der Waals surface area (Å²) in [5.74, 6) is -1.23. The molecule has 1 aromatic rings. The highest BCUT2D eigenvalue weighted by Gasteiger charge is 2.30. The minimum atomic E-state index is -4.63. The minimum absolute atomic E-state index is 0.253. The Morgan fingerprint density at radius 3 is 2.07 bits per heavy atom. The number of hydrogen-bond donors (Lipinski definition) is 1. The number of nitrogens with one attached hydrogen (secondary N) is 1. The summed E-state index contributed by atoms with van der Waals surface area (Å²) >= 11 is 0. The van der Waals surface area contributed by atoms with Gasteiger partial charge in [-0.15, -0.1) is 0 Å². The van der Waals surface area contributed by atoms with Gasteiger partial charge in [-0.1, -0.05) is 13.8 Å². The molecular formula is C17H21F6NO3. The van der Waals surface area contributed by atoms with Crippen LogP contribution in [0.4, 0.5) is 26.3 Å². The molecule has 0 aliphatic rings. The molecule has 154 valence electrons. The van der Waals surface area contributed by atoms with Gasteiger partial charge in [0.25, 0.3) is 5.91 Å². The number of hydrogen-bond acceptors (Lipinski definition) is 3. The number of carbonyl (C=O) groups excluding carboxylic acids is 1. The molecule has 0 radical (unpaired) electrons. The first kappa shape index (κ1) is 22.9. The van der Waals surface area contributed by atoms with Crippen molar-refractivity contribution in [1.29, 1.82) is 0 Å². The van der Waals surface area contributed by atoms with Crippen LogP contribution in [-0.2, 0) is 0 Å². The van der Waals surface area contributed by atoms with E-state index < -0.39 is 37.2 Å². The standard InChI is InChI=1S/C17H21F6NO3/c1-10(2)6-11(3)24-15(25)13-7-12(26-8-16(18,19)20)4-5-14(13)27-9-17(21,22)23/h4-5,7,10-11H,6,8-9H2,1-3H3,(H,24,25). The van der Waals surface area contributed by atoms with Gasteiger partial charge in [-0.3, -0.25) is 4.79 Å². The molecule has 4 nitrogen and oxygen atoms in total. The summed E-state index contributed by atoms with van der Waals surface area (Å²) in [7, 11) is 0. The van der Waals surface area contributed by atoms with E-state index in [2.05, 4.69) is 14.8 Å². The molecule has 0 aliphatic heterocycles. The van der Waals surface area contributed by atoms with Crippen LogP contribution in [-0.4, -0.2) is 37.5 Å². The van der Waals surface area contributed by atoms with Crippen LogP contribution in [0.5, 0.6) is 11.5 Å². The molecule has 27 heavy (non-hydrogen) atoms. The summed E-state index contributed by atoms with van der Waals surface area (Å²) < 4.78 is 83.1. The lowest BCUT2D eigenvalue weighted by atomic mass is 10.0. The lowest BCUT2D eigenvalue weighted by Crippen LogP contribution is -2.34. The topological polar surface area (TPSA) is 47.6 Å². The number of rotatable bonds is 8. The van der Waals surface area contributed by atoms with E-state index >= 15 is 0 Å². The van der Waals surface area contributed by atoms with Gasteiger partial charge in [0.15, 0.2) is 13.2 Å². The van der Waals surface area contributed by atoms with Crippen LogP contribution in [0, 0.1) is 5.92 Å². The first-order valence-corrected chi connectivity index (χ1v) is 8.11. The highest BCUT2D eigenvalue weighted by Crippen LogP contribution is 2.28. The fourth-order valence-corrected chi connectivity index (χ4v) is 2.29. The van der Waals surface area contributed by atoms with Crippen LogP contribution in [0.2, 0.25) is 0 Å². The first-order chi connectivity index (χ1) is 12.3. The van der Waals surface area contributed by atoms with Crippen molar-refractivity contribution < 1.29 is 40.6 Å². The molecule has 0 saturated heterocycles. The molecule has 1 atom stereocenters. The van der Waals surface area contributed by atoms with Gasteiger partial charge in [-0.05, 0) is 37.5 Å². The van der Waals surface area contributed by atoms with E-state index in [-0.39, 0.29) is 23.3 Å². The third kappa shape index (κ3) is 9.39. The predicted molar refractivity (Wildman–Crippen MR) is 85.9 cm³/mol. The zero-order valence-electron chi connectivity index (χ0n) is 15.0. The fraction of sp³-hybridized carbons (Fsp3) is 0.588. The van der Waals surface area contributed by atoms with Crippen LogP contribution < -0.4 is 14.8 Å². The summed E-state index contributed by atoms with van der Waals surface area (Å²) in [6.07, 6.45) is -8.63. The van der Waals surface area contributed by atoms with Gasteiger partial charge in [0.1, 0.15) is 11.5 Å². The zero-order valence-corrected chi connectivity index (χ0v) is 15.0. The third-order valence-electron chi connectivity index (χ3n) is 3.19. The van der Waals surface area contributed by atoms with Crippen LogP contribution in [0.25, 0.3) is 0 Å². The van der Waals surface area contributed by atoms with Gasteiger partial charge in [-0.2, -0.15) is 26.3 Å². The van der Waals surface area contributed by atoms with Gasteiger partial charge in [0, 0.05) is 6.04 Å². The van der Waals surface area contributed by atoms with Crippen molar-refractivity contribution in [3.8, 4) is 11.5 Å². The van der Waals surface area contributed by atoms with E-state index in [1.165, 1.54) is 0 Å². The number of benzene rings is 1. The third-order valence-corrected chi connectivity index (χ3v) is 3.19. The van der Waals surface area contributed by atoms with E-state index in [9.17, 15) is 31.1 Å². The van der Waals surface area contributed by atoms with Crippen LogP contribution in [0.15, 0.2) is 18.2 Å². The molecule has 0 aliphatic carbocycles. The van der Waals surface area contributed by atoms with Gasteiger partial charge >= 0.3 is 12.4 Å². The molecule has 0 heterocycles. The molecule has 0 aromatic heterocycles. The second-order valence-electron chi connectivity index (χ2n) is 6.47. The summed E-state index contributed by atoms with van der Waals surface area (Å²) in [6.45, 7) is 2.31. The monoisotopic (exact) mass is 401 g/mol. The molecule has 1 amide bonds. The summed E-state index contributed by atoms with van der Waals surface area (Å²) in [5, 5.41) is 2.59. The van der Waals surface area contributed by atoms with E-state index in [4.69, 9.17) is 0 Å². The molecule has 1 N–H and O–H groups in total. The zero-order chi connectivity index (χ0) is 20.8. The number of ether oxygens (including phenoxy) is 2. The van der Waals surface area contributed by atoms with Gasteiger partial charge < -0.3 is 14.8 Å². The second-order valence-corrected chi connectivity index (χ2v) is 6.47. The molecule has 10 heteroatoms. The highest BCUT2D eigenvalue weighted by atomic mass is 19.4. The lowest BCUT2D eigenvalue weighted by Gasteiger charge is -2.19. The molecule has 1 unspecified atom stereocenters. The molecule has 0 bridgehead atoms. The minimum Gasteiger partial charge on any atom is -0.484 e. The normalized spacial score (nSPS) is 13.4. The quantitative estimate of drug-likeness (QED) is 0.641. The summed E-state index contributed by atoms with van der Waals surface area (Å²) in [5.41, 5.74) is -0.338. The molecule has 1 aromatic carbocycles. The van der Waals surface area contributed by atoms with E-state index in [1.807, 2.05) is 13.8 Å². The smallest absolute Gasteiger partial charge is 0.422 e. The van der Waals surface area contributed by atoms with Crippen molar-refractivity contribution in [3.63, 3.8) is 0 Å². The van der Waals surface area contributed by atoms with E-state index in [0.29, 0.717) is 6.42 Å². The van der Waals surface area contributed by atoms with Crippen LogP contribution >= 0.6 is 0 Å². The lowest BCUT2D eigenvalue weighted by molar-refractivity contribution is -0.154. The van der Waals surface area contributed by atoms with Crippen molar-refractivity contribution in [2.75, 3.05) is 13.2 Å². The highest BCUT2D eigenvalue weighted by molar-refractivity contribution is 5.97. The maximum Gasteiger partial charge on any atom is 0.422 e. The molecule has 0 saturated carbocycles. The molecule has 0 fully saturated rings. The maximum atomic E-state index is 12.4. The average Bonchev–Trinajstić information content (AvgIpc) is 2.48. The number of carbonyl (C=O) groups is 1. The molecular weight excluding hydrogens is 380 g/mol. The second kappa shape index (κ2) is 9.18. The summed E-state index contributed by atoms with van der Waals surface area (Å²) in [6, 6.07) is 2.60. The average molecular weight is 401 g/mol. The Labute approximate surface area is 152 Å². The Bertz CT molecular complexity index is 628. The molecule has 0 spiro atoms. The number of amides is 1. The van der Waals surface area contributed by atoms with Gasteiger partial charge in [-0.25, -0.2) is 0 Å². The Morgan fingerprint density at radius 1 is 1.00 bits per heavy atom. The van der Waals surface area contributed by atoms with E-state index in [0.717, 1.165) is 18.2 Å². The van der Waals surface area contributed by atoms with E-state index in [1.54, 1.807) is 6.92 Å². The van der Waals surface area contributed by atoms with Gasteiger partial charge in [0.2, 0.25) is 0 Å². The Hall–Kier alpha value is -2.13. The Kier molecular flexibility index (Phi) is 7.79. The van der Waals surface area contributed by atoms with Crippen LogP contribution in [0.3, 0.4) is 0 Å². The van der Waals surface area contributed by atoms with Gasteiger partial charge in [0.05, 0.1) is 5.56 Å². The van der Waals surface area contributed by atoms with Crippen molar-refractivity contribution in [3.05, 3.63) is 23.8 Å². The summed E-state index contributed by atoms with van der Waals surface area (Å²) in [4.78, 5) is 12.4. The predicted octanol–water partition coefficient (Wildman–Crippen LogP) is 4.73. The van der Waals surface area contributed by atoms with Crippen LogP contribution in [0.1, 0.15) is 37.6 Å². The van der Waals surface area contributed by atoms with Crippen molar-refractivity contribution >= 4 is 5.91 Å². The first-order valence-electron chi connectivity index (χ1n) is 8.11. The van der Waals surface area contributed by atoms with Crippen molar-refractivity contribution in [2.24, 2.45) is 5.92 Å². The number of alkyl halides is 6. The number of halogens is 6.